The molecule has 0 radical (unpaired) electrons. The lowest BCUT2D eigenvalue weighted by Crippen LogP contribution is -2.37. The summed E-state index contributed by atoms with van der Waals surface area (Å²) in [5, 5.41) is 18.9. The Hall–Kier alpha value is -2.36. The van der Waals surface area contributed by atoms with Crippen LogP contribution in [0.2, 0.25) is 10.0 Å². The zero-order valence-electron chi connectivity index (χ0n) is 18.4. The van der Waals surface area contributed by atoms with Gasteiger partial charge in [0, 0.05) is 22.3 Å². The van der Waals surface area contributed by atoms with Crippen LogP contribution in [0.15, 0.2) is 59.6 Å². The number of aryl methyl sites for hydroxylation is 1. The number of halogens is 5. The third-order valence-electron chi connectivity index (χ3n) is 4.05. The SMILES string of the molecule is CC1NC(CC(=O)NCCc2ccc(Cl)cc2)=CS1.Cc1ccc(Cl)cc1.O=C([O-])C(F)(F)F. The zero-order chi connectivity index (χ0) is 25.7. The molecule has 1 atom stereocenters. The van der Waals surface area contributed by atoms with Gasteiger partial charge in [0.15, 0.2) is 0 Å². The van der Waals surface area contributed by atoms with Crippen LogP contribution in [-0.4, -0.2) is 30.0 Å². The van der Waals surface area contributed by atoms with Gasteiger partial charge in [0.25, 0.3) is 0 Å². The molecule has 0 fully saturated rings. The number of benzene rings is 2. The van der Waals surface area contributed by atoms with Gasteiger partial charge in [-0.3, -0.25) is 4.79 Å². The van der Waals surface area contributed by atoms with E-state index < -0.39 is 12.1 Å². The van der Waals surface area contributed by atoms with Crippen molar-refractivity contribution in [1.82, 2.24) is 10.6 Å². The highest BCUT2D eigenvalue weighted by molar-refractivity contribution is 8.02. The second kappa shape index (κ2) is 14.8. The lowest BCUT2D eigenvalue weighted by molar-refractivity contribution is -0.344. The number of hydrogen-bond acceptors (Lipinski definition) is 5. The molecule has 1 aliphatic heterocycles. The first-order chi connectivity index (χ1) is 15.9. The average molecular weight is 536 g/mol. The third kappa shape index (κ3) is 13.4. The summed E-state index contributed by atoms with van der Waals surface area (Å²) in [6.45, 7) is 4.76. The molecule has 2 aromatic carbocycles. The Bertz CT molecular complexity index is 932. The Kier molecular flexibility index (Phi) is 12.9. The molecule has 1 unspecified atom stereocenters. The molecule has 11 heteroatoms. The number of hydrogen-bond donors (Lipinski definition) is 2. The predicted octanol–water partition coefficient (Wildman–Crippen LogP) is 4.86. The van der Waals surface area contributed by atoms with Crippen LogP contribution in [-0.2, 0) is 16.0 Å². The largest absolute Gasteiger partial charge is 0.542 e. The Balaban J connectivity index is 0.000000317. The summed E-state index contributed by atoms with van der Waals surface area (Å²) in [7, 11) is 0. The maximum absolute atomic E-state index is 11.7. The van der Waals surface area contributed by atoms with Crippen molar-refractivity contribution >= 4 is 46.8 Å². The van der Waals surface area contributed by atoms with Crippen LogP contribution in [0, 0.1) is 6.92 Å². The number of nitrogens with one attached hydrogen (secondary N) is 2. The fraction of sp³-hybridized carbons (Fsp3) is 0.304. The number of carboxylic acid groups (broad SMARTS) is 1. The molecule has 186 valence electrons. The Morgan fingerprint density at radius 2 is 1.56 bits per heavy atom. The fourth-order valence-corrected chi connectivity index (χ4v) is 3.36. The normalized spacial score (nSPS) is 14.4. The van der Waals surface area contributed by atoms with Crippen molar-refractivity contribution in [2.24, 2.45) is 0 Å². The molecule has 0 aromatic heterocycles. The number of rotatable bonds is 5. The molecule has 2 N–H and O–H groups in total. The minimum atomic E-state index is -5.19. The van der Waals surface area contributed by atoms with E-state index in [2.05, 4.69) is 17.6 Å². The van der Waals surface area contributed by atoms with Crippen LogP contribution in [0.1, 0.15) is 24.5 Å². The van der Waals surface area contributed by atoms with Gasteiger partial charge in [-0.05, 0) is 55.5 Å². The summed E-state index contributed by atoms with van der Waals surface area (Å²) in [5.41, 5.74) is 3.42. The molecule has 0 saturated carbocycles. The summed E-state index contributed by atoms with van der Waals surface area (Å²) >= 11 is 13.1. The molecule has 34 heavy (non-hydrogen) atoms. The van der Waals surface area contributed by atoms with Crippen molar-refractivity contribution in [1.29, 1.82) is 0 Å². The molecule has 3 rings (SSSR count). The maximum atomic E-state index is 11.7. The number of carbonyl (C=O) groups is 2. The van der Waals surface area contributed by atoms with Gasteiger partial charge in [0.1, 0.15) is 5.97 Å². The van der Waals surface area contributed by atoms with E-state index in [0.717, 1.165) is 22.2 Å². The van der Waals surface area contributed by atoms with E-state index in [-0.39, 0.29) is 5.91 Å². The highest BCUT2D eigenvalue weighted by Gasteiger charge is 2.28. The molecule has 5 nitrogen and oxygen atoms in total. The van der Waals surface area contributed by atoms with Crippen molar-refractivity contribution in [3.05, 3.63) is 80.8 Å². The van der Waals surface area contributed by atoms with E-state index in [4.69, 9.17) is 33.1 Å². The van der Waals surface area contributed by atoms with E-state index in [1.165, 1.54) is 11.1 Å². The minimum Gasteiger partial charge on any atom is -0.542 e. The molecular formula is C23H24Cl2F3N2O3S-. The van der Waals surface area contributed by atoms with Crippen LogP contribution in [0.5, 0.6) is 0 Å². The summed E-state index contributed by atoms with van der Waals surface area (Å²) in [6.07, 6.45) is -3.95. The summed E-state index contributed by atoms with van der Waals surface area (Å²) in [6, 6.07) is 15.4. The standard InChI is InChI=1S/C14H17ClN2OS.C7H7Cl.C2HF3O2/c1-10-17-13(9-19-10)8-14(18)16-7-6-11-2-4-12(15)5-3-11;1-6-2-4-7(8)5-3-6;3-2(4,5)1(6)7/h2-5,9-10,17H,6-8H2,1H3,(H,16,18);2-5H,1H3;(H,6,7)/p-1. The van der Waals surface area contributed by atoms with Crippen molar-refractivity contribution in [3.8, 4) is 0 Å². The minimum absolute atomic E-state index is 0.0578. The van der Waals surface area contributed by atoms with Gasteiger partial charge in [-0.25, -0.2) is 0 Å². The van der Waals surface area contributed by atoms with Gasteiger partial charge < -0.3 is 20.5 Å². The first-order valence-electron chi connectivity index (χ1n) is 9.99. The molecule has 1 aliphatic rings. The third-order valence-corrected chi connectivity index (χ3v) is 5.50. The number of thioether (sulfide) groups is 1. The molecule has 2 aromatic rings. The Labute approximate surface area is 210 Å². The summed E-state index contributed by atoms with van der Waals surface area (Å²) in [5.74, 6) is -2.95. The van der Waals surface area contributed by atoms with E-state index in [1.807, 2.05) is 60.9 Å². The van der Waals surface area contributed by atoms with Crippen LogP contribution in [0.25, 0.3) is 0 Å². The Morgan fingerprint density at radius 1 is 1.06 bits per heavy atom. The molecular weight excluding hydrogens is 512 g/mol. The number of alkyl halides is 3. The molecule has 0 bridgehead atoms. The van der Waals surface area contributed by atoms with E-state index in [1.54, 1.807) is 11.8 Å². The van der Waals surface area contributed by atoms with Gasteiger partial charge in [-0.1, -0.05) is 53.0 Å². The topological polar surface area (TPSA) is 81.3 Å². The van der Waals surface area contributed by atoms with Crippen molar-refractivity contribution in [2.75, 3.05) is 6.54 Å². The molecule has 1 heterocycles. The highest BCUT2D eigenvalue weighted by Crippen LogP contribution is 2.21. The fourth-order valence-electron chi connectivity index (χ4n) is 2.37. The van der Waals surface area contributed by atoms with Crippen LogP contribution >= 0.6 is 35.0 Å². The van der Waals surface area contributed by atoms with Gasteiger partial charge in [-0.2, -0.15) is 13.2 Å². The molecule has 0 spiro atoms. The summed E-state index contributed by atoms with van der Waals surface area (Å²) < 4.78 is 31.5. The second-order valence-corrected chi connectivity index (χ2v) is 9.14. The lowest BCUT2D eigenvalue weighted by atomic mass is 10.1. The zero-order valence-corrected chi connectivity index (χ0v) is 20.7. The summed E-state index contributed by atoms with van der Waals surface area (Å²) in [4.78, 5) is 20.5. The van der Waals surface area contributed by atoms with Gasteiger partial charge >= 0.3 is 6.18 Å². The van der Waals surface area contributed by atoms with Gasteiger partial charge in [0.2, 0.25) is 5.91 Å². The van der Waals surface area contributed by atoms with Crippen molar-refractivity contribution in [2.45, 2.75) is 38.2 Å². The predicted molar refractivity (Wildman–Crippen MR) is 128 cm³/mol. The van der Waals surface area contributed by atoms with Crippen LogP contribution in [0.4, 0.5) is 13.2 Å². The van der Waals surface area contributed by atoms with Crippen molar-refractivity contribution in [3.63, 3.8) is 0 Å². The van der Waals surface area contributed by atoms with Gasteiger partial charge in [0.05, 0.1) is 11.8 Å². The first-order valence-corrected chi connectivity index (χ1v) is 11.7. The maximum Gasteiger partial charge on any atom is 0.430 e. The molecule has 0 saturated heterocycles. The number of aliphatic carboxylic acids is 1. The second-order valence-electron chi connectivity index (χ2n) is 7.05. The quantitative estimate of drug-likeness (QED) is 0.571. The molecule has 1 amide bonds. The van der Waals surface area contributed by atoms with E-state index in [0.29, 0.717) is 18.3 Å². The highest BCUT2D eigenvalue weighted by atomic mass is 35.5. The molecule has 0 aliphatic carbocycles. The number of amides is 1. The Morgan fingerprint density at radius 3 is 1.97 bits per heavy atom. The number of carbonyl (C=O) groups excluding carboxylic acids is 2. The average Bonchev–Trinajstić information content (AvgIpc) is 3.16. The van der Waals surface area contributed by atoms with Crippen LogP contribution < -0.4 is 15.7 Å². The van der Waals surface area contributed by atoms with Crippen molar-refractivity contribution < 1.29 is 27.9 Å². The smallest absolute Gasteiger partial charge is 0.430 e. The number of carboxylic acids is 1. The van der Waals surface area contributed by atoms with Crippen LogP contribution in [0.3, 0.4) is 0 Å². The first kappa shape index (κ1) is 29.7. The van der Waals surface area contributed by atoms with Gasteiger partial charge in [-0.15, -0.1) is 11.8 Å². The van der Waals surface area contributed by atoms with E-state index >= 15 is 0 Å². The monoisotopic (exact) mass is 535 g/mol. The van der Waals surface area contributed by atoms with E-state index in [9.17, 15) is 18.0 Å². The lowest BCUT2D eigenvalue weighted by Gasteiger charge is -2.08.